The van der Waals surface area contributed by atoms with Gasteiger partial charge in [-0.1, -0.05) is 6.07 Å². The molecule has 23 heavy (non-hydrogen) atoms. The summed E-state index contributed by atoms with van der Waals surface area (Å²) in [5.74, 6) is 0. The second kappa shape index (κ2) is 6.72. The van der Waals surface area contributed by atoms with Crippen LogP contribution in [0.1, 0.15) is 17.5 Å². The van der Waals surface area contributed by atoms with Crippen LogP contribution >= 0.6 is 0 Å². The number of aromatic nitrogens is 1. The van der Waals surface area contributed by atoms with Crippen molar-refractivity contribution in [1.82, 2.24) is 9.47 Å². The first-order chi connectivity index (χ1) is 11.1. The fraction of sp³-hybridized carbons (Fsp3) is 0.500. The van der Waals surface area contributed by atoms with E-state index in [4.69, 9.17) is 4.74 Å². The molecule has 0 bridgehead atoms. The summed E-state index contributed by atoms with van der Waals surface area (Å²) >= 11 is 0. The number of anilines is 1. The Morgan fingerprint density at radius 1 is 1.35 bits per heavy atom. The van der Waals surface area contributed by atoms with Crippen molar-refractivity contribution >= 4 is 16.6 Å². The van der Waals surface area contributed by atoms with Crippen LogP contribution in [0.25, 0.3) is 10.9 Å². The Morgan fingerprint density at radius 2 is 2.17 bits per heavy atom. The first-order valence-electron chi connectivity index (χ1n) is 8.17. The Bertz CT molecular complexity index is 765. The number of nitrogens with one attached hydrogen (secondary N) is 1. The number of ether oxygens (including phenoxy) is 1. The summed E-state index contributed by atoms with van der Waals surface area (Å²) in [6, 6.07) is 6.39. The lowest BCUT2D eigenvalue weighted by molar-refractivity contribution is 0.131. The van der Waals surface area contributed by atoms with E-state index in [1.807, 2.05) is 0 Å². The number of benzene rings is 1. The summed E-state index contributed by atoms with van der Waals surface area (Å²) in [5.41, 5.74) is 4.23. The average Bonchev–Trinajstić information content (AvgIpc) is 2.56. The van der Waals surface area contributed by atoms with Crippen molar-refractivity contribution in [3.05, 3.63) is 39.7 Å². The van der Waals surface area contributed by atoms with Gasteiger partial charge in [0, 0.05) is 31.1 Å². The number of hydrogen-bond acceptors (Lipinski definition) is 4. The second-order valence-corrected chi connectivity index (χ2v) is 6.44. The van der Waals surface area contributed by atoms with Gasteiger partial charge in [-0.3, -0.25) is 9.36 Å². The number of methoxy groups -OCH3 is 1. The van der Waals surface area contributed by atoms with E-state index >= 15 is 0 Å². The van der Waals surface area contributed by atoms with Crippen LogP contribution in [0.15, 0.2) is 23.0 Å². The molecule has 1 N–H and O–H groups in total. The molecule has 1 aromatic heterocycles. The predicted molar refractivity (Wildman–Crippen MR) is 94.3 cm³/mol. The molecule has 1 aromatic carbocycles. The van der Waals surface area contributed by atoms with Crippen LogP contribution in [-0.4, -0.2) is 43.8 Å². The highest BCUT2D eigenvalue weighted by molar-refractivity contribution is 5.94. The van der Waals surface area contributed by atoms with Gasteiger partial charge >= 0.3 is 0 Å². The largest absolute Gasteiger partial charge is 0.384 e. The molecule has 0 aliphatic carbocycles. The zero-order valence-electron chi connectivity index (χ0n) is 14.2. The minimum absolute atomic E-state index is 0.0718. The molecule has 5 heteroatoms. The molecule has 0 spiro atoms. The highest BCUT2D eigenvalue weighted by atomic mass is 16.5. The molecule has 0 fully saturated rings. The lowest BCUT2D eigenvalue weighted by Gasteiger charge is -2.22. The Labute approximate surface area is 136 Å². The third-order valence-electron chi connectivity index (χ3n) is 4.44. The highest BCUT2D eigenvalue weighted by Gasteiger charge is 2.19. The average molecular weight is 315 g/mol. The van der Waals surface area contributed by atoms with Gasteiger partial charge in [-0.15, -0.1) is 0 Å². The summed E-state index contributed by atoms with van der Waals surface area (Å²) in [4.78, 5) is 14.9. The summed E-state index contributed by atoms with van der Waals surface area (Å²) in [6.07, 6.45) is 2.84. The van der Waals surface area contributed by atoms with Crippen molar-refractivity contribution in [2.75, 3.05) is 39.6 Å². The standard InChI is InChI=1S/C18H25N3O2/c1-20(2)10-8-13-6-7-16-15(11-13)17-14(5-4-9-19-17)18(22)21(16)12-23-3/h6-7,11,19H,4-5,8-10,12H2,1-3H3. The number of hydrogen-bond donors (Lipinski definition) is 1. The molecular weight excluding hydrogens is 290 g/mol. The van der Waals surface area contributed by atoms with Crippen molar-refractivity contribution in [1.29, 1.82) is 0 Å². The Morgan fingerprint density at radius 3 is 2.91 bits per heavy atom. The molecule has 0 saturated carbocycles. The summed E-state index contributed by atoms with van der Waals surface area (Å²) in [7, 11) is 5.79. The summed E-state index contributed by atoms with van der Waals surface area (Å²) < 4.78 is 7.00. The number of likely N-dealkylation sites (N-methyl/N-ethyl adjacent to an activating group) is 1. The second-order valence-electron chi connectivity index (χ2n) is 6.44. The maximum Gasteiger partial charge on any atom is 0.258 e. The molecule has 0 radical (unpaired) electrons. The topological polar surface area (TPSA) is 46.5 Å². The van der Waals surface area contributed by atoms with Crippen LogP contribution in [0.4, 0.5) is 5.69 Å². The Kier molecular flexibility index (Phi) is 4.68. The lowest BCUT2D eigenvalue weighted by Crippen LogP contribution is -2.29. The van der Waals surface area contributed by atoms with Crippen LogP contribution in [0.5, 0.6) is 0 Å². The maximum atomic E-state index is 12.8. The molecule has 2 aromatic rings. The van der Waals surface area contributed by atoms with Crippen molar-refractivity contribution in [3.8, 4) is 0 Å². The lowest BCUT2D eigenvalue weighted by atomic mass is 9.99. The normalized spacial score (nSPS) is 14.1. The smallest absolute Gasteiger partial charge is 0.258 e. The van der Waals surface area contributed by atoms with Gasteiger partial charge in [0.05, 0.1) is 11.2 Å². The molecule has 3 rings (SSSR count). The molecule has 1 aliphatic rings. The fourth-order valence-electron chi connectivity index (χ4n) is 3.24. The fourth-order valence-corrected chi connectivity index (χ4v) is 3.24. The number of rotatable bonds is 5. The minimum atomic E-state index is 0.0718. The Hall–Kier alpha value is -1.85. The zero-order chi connectivity index (χ0) is 16.4. The third-order valence-corrected chi connectivity index (χ3v) is 4.44. The van der Waals surface area contributed by atoms with Gasteiger partial charge < -0.3 is 15.0 Å². The van der Waals surface area contributed by atoms with Gasteiger partial charge in [-0.2, -0.15) is 0 Å². The van der Waals surface area contributed by atoms with Crippen LogP contribution in [-0.2, 0) is 24.3 Å². The van der Waals surface area contributed by atoms with E-state index in [1.165, 1.54) is 5.56 Å². The van der Waals surface area contributed by atoms with Crippen molar-refractivity contribution in [2.45, 2.75) is 26.0 Å². The maximum absolute atomic E-state index is 12.8. The summed E-state index contributed by atoms with van der Waals surface area (Å²) in [6.45, 7) is 2.23. The molecule has 0 amide bonds. The molecule has 124 valence electrons. The van der Waals surface area contributed by atoms with Crippen molar-refractivity contribution < 1.29 is 4.74 Å². The van der Waals surface area contributed by atoms with E-state index < -0.39 is 0 Å². The van der Waals surface area contributed by atoms with E-state index in [0.29, 0.717) is 6.73 Å². The monoisotopic (exact) mass is 315 g/mol. The van der Waals surface area contributed by atoms with Crippen molar-refractivity contribution in [3.63, 3.8) is 0 Å². The van der Waals surface area contributed by atoms with Gasteiger partial charge in [0.2, 0.25) is 0 Å². The highest BCUT2D eigenvalue weighted by Crippen LogP contribution is 2.29. The number of fused-ring (bicyclic) bond motifs is 3. The van der Waals surface area contributed by atoms with Gasteiger partial charge in [0.15, 0.2) is 0 Å². The van der Waals surface area contributed by atoms with Gasteiger partial charge in [0.25, 0.3) is 5.56 Å². The summed E-state index contributed by atoms with van der Waals surface area (Å²) in [5, 5.41) is 4.58. The van der Waals surface area contributed by atoms with Crippen LogP contribution in [0.3, 0.4) is 0 Å². The molecule has 5 nitrogen and oxygen atoms in total. The van der Waals surface area contributed by atoms with Gasteiger partial charge in [-0.05, 0) is 51.1 Å². The predicted octanol–water partition coefficient (Wildman–Crippen LogP) is 2.07. The van der Waals surface area contributed by atoms with E-state index in [1.54, 1.807) is 11.7 Å². The van der Waals surface area contributed by atoms with E-state index in [-0.39, 0.29) is 5.56 Å². The minimum Gasteiger partial charge on any atom is -0.384 e. The molecule has 0 unspecified atom stereocenters. The van der Waals surface area contributed by atoms with Crippen LogP contribution in [0, 0.1) is 0 Å². The number of pyridine rings is 1. The molecule has 1 aliphatic heterocycles. The first-order valence-corrected chi connectivity index (χ1v) is 8.17. The van der Waals surface area contributed by atoms with Gasteiger partial charge in [-0.25, -0.2) is 0 Å². The van der Waals surface area contributed by atoms with E-state index in [2.05, 4.69) is 42.5 Å². The molecule has 2 heterocycles. The molecule has 0 atom stereocenters. The van der Waals surface area contributed by atoms with E-state index in [9.17, 15) is 4.79 Å². The first kappa shape index (κ1) is 16.0. The Balaban J connectivity index is 2.16. The van der Waals surface area contributed by atoms with Gasteiger partial charge in [0.1, 0.15) is 6.73 Å². The van der Waals surface area contributed by atoms with Crippen LogP contribution < -0.4 is 10.9 Å². The van der Waals surface area contributed by atoms with Crippen LogP contribution in [0.2, 0.25) is 0 Å². The third kappa shape index (κ3) is 3.12. The SMILES string of the molecule is COCn1c(=O)c2c(c3cc(CCN(C)C)ccc31)NCCC2. The molecule has 0 saturated heterocycles. The van der Waals surface area contributed by atoms with E-state index in [0.717, 1.165) is 54.5 Å². The quantitative estimate of drug-likeness (QED) is 0.917. The van der Waals surface area contributed by atoms with Crippen molar-refractivity contribution in [2.24, 2.45) is 0 Å². The molecular formula is C18H25N3O2. The number of nitrogens with zero attached hydrogens (tertiary/aromatic N) is 2. The zero-order valence-corrected chi connectivity index (χ0v) is 14.2.